The summed E-state index contributed by atoms with van der Waals surface area (Å²) in [6.45, 7) is -0.315. The number of benzene rings is 2. The van der Waals surface area contributed by atoms with Gasteiger partial charge in [0.1, 0.15) is 0 Å². The van der Waals surface area contributed by atoms with Gasteiger partial charge in [-0.3, -0.25) is 9.59 Å². The fourth-order valence-corrected chi connectivity index (χ4v) is 3.43. The van der Waals surface area contributed by atoms with Crippen LogP contribution in [0.4, 0.5) is 14.5 Å². The first kappa shape index (κ1) is 18.8. The topological polar surface area (TPSA) is 76.0 Å². The number of fused-ring (bicyclic) bond motifs is 1. The van der Waals surface area contributed by atoms with Crippen LogP contribution in [-0.2, 0) is 17.6 Å². The van der Waals surface area contributed by atoms with Crippen molar-refractivity contribution in [3.05, 3.63) is 77.1 Å². The first-order valence-corrected chi connectivity index (χ1v) is 9.22. The molecule has 29 heavy (non-hydrogen) atoms. The van der Waals surface area contributed by atoms with Gasteiger partial charge in [-0.2, -0.15) is 5.10 Å². The summed E-state index contributed by atoms with van der Waals surface area (Å²) in [6, 6.07) is 12.6. The van der Waals surface area contributed by atoms with Crippen molar-refractivity contribution >= 4 is 17.5 Å². The van der Waals surface area contributed by atoms with Crippen molar-refractivity contribution in [2.45, 2.75) is 19.3 Å². The molecule has 0 fully saturated rings. The highest BCUT2D eigenvalue weighted by Gasteiger charge is 2.27. The van der Waals surface area contributed by atoms with Crippen LogP contribution >= 0.6 is 0 Å². The summed E-state index contributed by atoms with van der Waals surface area (Å²) in [5.74, 6) is -3.06. The molecule has 0 atom stereocenters. The molecule has 0 unspecified atom stereocenters. The molecule has 1 aliphatic rings. The van der Waals surface area contributed by atoms with Crippen LogP contribution in [0.3, 0.4) is 0 Å². The van der Waals surface area contributed by atoms with Gasteiger partial charge >= 0.3 is 0 Å². The number of hydrogen-bond donors (Lipinski definition) is 2. The van der Waals surface area contributed by atoms with E-state index >= 15 is 0 Å². The van der Waals surface area contributed by atoms with Crippen LogP contribution < -0.4 is 10.6 Å². The predicted octanol–water partition coefficient (Wildman–Crippen LogP) is 3.01. The Morgan fingerprint density at radius 2 is 1.83 bits per heavy atom. The van der Waals surface area contributed by atoms with Crippen LogP contribution in [0.1, 0.15) is 28.2 Å². The third-order valence-corrected chi connectivity index (χ3v) is 4.76. The minimum atomic E-state index is -1.06. The molecule has 0 spiro atoms. The maximum absolute atomic E-state index is 13.2. The van der Waals surface area contributed by atoms with Gasteiger partial charge in [0.15, 0.2) is 17.3 Å². The van der Waals surface area contributed by atoms with Crippen LogP contribution in [0.15, 0.2) is 48.5 Å². The van der Waals surface area contributed by atoms with Gasteiger partial charge in [0.2, 0.25) is 5.91 Å². The molecule has 0 radical (unpaired) electrons. The van der Waals surface area contributed by atoms with E-state index in [-0.39, 0.29) is 12.2 Å². The Hall–Kier alpha value is -3.55. The van der Waals surface area contributed by atoms with E-state index in [2.05, 4.69) is 15.7 Å². The van der Waals surface area contributed by atoms with Crippen LogP contribution in [0.2, 0.25) is 0 Å². The summed E-state index contributed by atoms with van der Waals surface area (Å²) >= 11 is 0. The summed E-state index contributed by atoms with van der Waals surface area (Å²) in [5.41, 5.74) is 3.19. The number of nitrogens with one attached hydrogen (secondary N) is 2. The Balaban J connectivity index is 1.45. The standard InChI is InChI=1S/C21H18F2N4O2/c22-16-10-9-13(11-17(16)23)25-19(28)12-24-21(29)20-15-7-4-8-18(15)27(26-20)14-5-2-1-3-6-14/h1-3,5-6,9-11H,4,7-8,12H2,(H,24,29)(H,25,28). The number of halogens is 2. The van der Waals surface area contributed by atoms with Gasteiger partial charge in [-0.15, -0.1) is 0 Å². The molecule has 6 nitrogen and oxygen atoms in total. The first-order chi connectivity index (χ1) is 14.0. The van der Waals surface area contributed by atoms with Gasteiger partial charge in [0, 0.05) is 23.0 Å². The maximum Gasteiger partial charge on any atom is 0.272 e. The van der Waals surface area contributed by atoms with Crippen molar-refractivity contribution in [3.8, 4) is 5.69 Å². The molecule has 3 aromatic rings. The zero-order valence-electron chi connectivity index (χ0n) is 15.4. The number of para-hydroxylation sites is 1. The van der Waals surface area contributed by atoms with Crippen molar-refractivity contribution < 1.29 is 18.4 Å². The smallest absolute Gasteiger partial charge is 0.272 e. The van der Waals surface area contributed by atoms with Crippen LogP contribution in [0.5, 0.6) is 0 Å². The average molecular weight is 396 g/mol. The number of rotatable bonds is 5. The number of nitrogens with zero attached hydrogens (tertiary/aromatic N) is 2. The van der Waals surface area contributed by atoms with Gasteiger partial charge in [0.05, 0.1) is 12.2 Å². The number of aromatic nitrogens is 2. The molecular formula is C21H18F2N4O2. The molecule has 148 valence electrons. The van der Waals surface area contributed by atoms with Gasteiger partial charge in [-0.05, 0) is 43.5 Å². The number of carbonyl (C=O) groups is 2. The highest BCUT2D eigenvalue weighted by atomic mass is 19.2. The Morgan fingerprint density at radius 3 is 2.59 bits per heavy atom. The Labute approximate surface area is 165 Å². The van der Waals surface area contributed by atoms with Crippen molar-refractivity contribution in [2.75, 3.05) is 11.9 Å². The number of anilines is 1. The van der Waals surface area contributed by atoms with E-state index in [9.17, 15) is 18.4 Å². The van der Waals surface area contributed by atoms with E-state index in [0.29, 0.717) is 5.69 Å². The fraction of sp³-hybridized carbons (Fsp3) is 0.190. The van der Waals surface area contributed by atoms with Gasteiger partial charge < -0.3 is 10.6 Å². The minimum absolute atomic E-state index is 0.109. The second-order valence-corrected chi connectivity index (χ2v) is 6.73. The van der Waals surface area contributed by atoms with Crippen LogP contribution in [-0.4, -0.2) is 28.1 Å². The second kappa shape index (κ2) is 7.83. The lowest BCUT2D eigenvalue weighted by molar-refractivity contribution is -0.115. The molecule has 1 heterocycles. The summed E-state index contributed by atoms with van der Waals surface area (Å²) in [5, 5.41) is 9.43. The molecule has 4 rings (SSSR count). The van der Waals surface area contributed by atoms with E-state index in [4.69, 9.17) is 0 Å². The van der Waals surface area contributed by atoms with Gasteiger partial charge in [-0.1, -0.05) is 18.2 Å². The molecule has 1 aromatic heterocycles. The second-order valence-electron chi connectivity index (χ2n) is 6.73. The number of carbonyl (C=O) groups excluding carboxylic acids is 2. The summed E-state index contributed by atoms with van der Waals surface area (Å²) in [4.78, 5) is 24.7. The fourth-order valence-electron chi connectivity index (χ4n) is 3.43. The van der Waals surface area contributed by atoms with E-state index in [0.717, 1.165) is 48.3 Å². The molecule has 8 heteroatoms. The van der Waals surface area contributed by atoms with Gasteiger partial charge in [-0.25, -0.2) is 13.5 Å². The van der Waals surface area contributed by atoms with E-state index in [1.54, 1.807) is 4.68 Å². The lowest BCUT2D eigenvalue weighted by Gasteiger charge is -2.07. The molecule has 0 saturated carbocycles. The Morgan fingerprint density at radius 1 is 1.03 bits per heavy atom. The molecule has 0 aliphatic heterocycles. The lowest BCUT2D eigenvalue weighted by atomic mass is 10.2. The zero-order valence-corrected chi connectivity index (χ0v) is 15.4. The van der Waals surface area contributed by atoms with Gasteiger partial charge in [0.25, 0.3) is 5.91 Å². The minimum Gasteiger partial charge on any atom is -0.342 e. The quantitative estimate of drug-likeness (QED) is 0.696. The summed E-state index contributed by atoms with van der Waals surface area (Å²) in [6.07, 6.45) is 2.53. The van der Waals surface area contributed by atoms with Crippen molar-refractivity contribution in [3.63, 3.8) is 0 Å². The first-order valence-electron chi connectivity index (χ1n) is 9.22. The van der Waals surface area contributed by atoms with E-state index in [1.807, 2.05) is 30.3 Å². The molecule has 1 aliphatic carbocycles. The van der Waals surface area contributed by atoms with Crippen LogP contribution in [0, 0.1) is 11.6 Å². The number of amides is 2. The summed E-state index contributed by atoms with van der Waals surface area (Å²) < 4.78 is 28.0. The molecule has 2 aromatic carbocycles. The number of hydrogen-bond acceptors (Lipinski definition) is 3. The van der Waals surface area contributed by atoms with Crippen molar-refractivity contribution in [2.24, 2.45) is 0 Å². The molecule has 2 amide bonds. The lowest BCUT2D eigenvalue weighted by Crippen LogP contribution is -2.33. The SMILES string of the molecule is O=C(CNC(=O)c1nn(-c2ccccc2)c2c1CCC2)Nc1ccc(F)c(F)c1. The molecule has 2 N–H and O–H groups in total. The van der Waals surface area contributed by atoms with Crippen molar-refractivity contribution in [1.82, 2.24) is 15.1 Å². The predicted molar refractivity (Wildman–Crippen MR) is 103 cm³/mol. The Bertz CT molecular complexity index is 1080. The molecule has 0 saturated heterocycles. The van der Waals surface area contributed by atoms with E-state index in [1.165, 1.54) is 6.07 Å². The monoisotopic (exact) mass is 396 g/mol. The highest BCUT2D eigenvalue weighted by Crippen LogP contribution is 2.27. The Kier molecular flexibility index (Phi) is 5.07. The highest BCUT2D eigenvalue weighted by molar-refractivity contribution is 5.99. The normalized spacial score (nSPS) is 12.5. The van der Waals surface area contributed by atoms with E-state index < -0.39 is 23.4 Å². The average Bonchev–Trinajstić information content (AvgIpc) is 3.32. The third kappa shape index (κ3) is 3.87. The molecular weight excluding hydrogens is 378 g/mol. The molecule has 0 bridgehead atoms. The summed E-state index contributed by atoms with van der Waals surface area (Å²) in [7, 11) is 0. The van der Waals surface area contributed by atoms with Crippen molar-refractivity contribution in [1.29, 1.82) is 0 Å². The maximum atomic E-state index is 13.2. The third-order valence-electron chi connectivity index (χ3n) is 4.76. The van der Waals surface area contributed by atoms with Crippen LogP contribution in [0.25, 0.3) is 5.69 Å². The largest absolute Gasteiger partial charge is 0.342 e. The zero-order chi connectivity index (χ0) is 20.4.